The maximum absolute atomic E-state index is 10.8. The van der Waals surface area contributed by atoms with Crippen molar-refractivity contribution in [3.63, 3.8) is 0 Å². The molecule has 0 unspecified atom stereocenters. The number of aliphatic hydroxyl groups excluding tert-OH is 2. The molecule has 1 amide bonds. The molecule has 0 radical (unpaired) electrons. The first-order chi connectivity index (χ1) is 6.59. The van der Waals surface area contributed by atoms with Crippen LogP contribution in [0.4, 0.5) is 0 Å². The molecule has 2 aliphatic heterocycles. The molecule has 5 atom stereocenters. The highest BCUT2D eigenvalue weighted by Crippen LogP contribution is 2.30. The largest absolute Gasteiger partial charge is 0.388 e. The number of hydrogen-bond donors (Lipinski definition) is 3. The van der Waals surface area contributed by atoms with E-state index in [1.807, 2.05) is 0 Å². The van der Waals surface area contributed by atoms with Crippen LogP contribution in [0.5, 0.6) is 0 Å². The average molecular weight is 203 g/mol. The Morgan fingerprint density at radius 3 is 2.79 bits per heavy atom. The average Bonchev–Trinajstić information content (AvgIpc) is 2.57. The summed E-state index contributed by atoms with van der Waals surface area (Å²) in [5.74, 6) is -0.261. The van der Waals surface area contributed by atoms with Crippen LogP contribution in [0.25, 0.3) is 0 Å². The second-order valence-electron chi connectivity index (χ2n) is 3.58. The van der Waals surface area contributed by atoms with Gasteiger partial charge in [-0.15, -0.1) is 0 Å². The molecule has 6 nitrogen and oxygen atoms in total. The minimum atomic E-state index is -1.11. The van der Waals surface area contributed by atoms with Crippen LogP contribution in [0, 0.1) is 0 Å². The predicted molar refractivity (Wildman–Crippen MR) is 44.2 cm³/mol. The molecule has 0 aromatic rings. The van der Waals surface area contributed by atoms with Gasteiger partial charge in [0.2, 0.25) is 5.91 Å². The molecule has 2 rings (SSSR count). The van der Waals surface area contributed by atoms with E-state index in [4.69, 9.17) is 9.47 Å². The molecule has 0 bridgehead atoms. The van der Waals surface area contributed by atoms with E-state index in [1.165, 1.54) is 6.92 Å². The predicted octanol–water partition coefficient (Wildman–Crippen LogP) is -2.03. The van der Waals surface area contributed by atoms with Gasteiger partial charge < -0.3 is 25.0 Å². The number of ether oxygens (including phenoxy) is 2. The first kappa shape index (κ1) is 9.85. The van der Waals surface area contributed by atoms with Crippen molar-refractivity contribution in [1.29, 1.82) is 0 Å². The van der Waals surface area contributed by atoms with Gasteiger partial charge in [-0.05, 0) is 0 Å². The third kappa shape index (κ3) is 1.50. The highest BCUT2D eigenvalue weighted by molar-refractivity contribution is 5.73. The van der Waals surface area contributed by atoms with Gasteiger partial charge in [0, 0.05) is 6.92 Å². The molecule has 0 saturated carbocycles. The van der Waals surface area contributed by atoms with E-state index in [0.29, 0.717) is 0 Å². The molecule has 0 spiro atoms. The SMILES string of the molecule is CC(=O)N[C@@H]1[C@H]2OC[C@@H](O)[C@H]2O[C@H]1O. The lowest BCUT2D eigenvalue weighted by atomic mass is 10.1. The van der Waals surface area contributed by atoms with Crippen LogP contribution >= 0.6 is 0 Å². The molecular weight excluding hydrogens is 190 g/mol. The molecule has 14 heavy (non-hydrogen) atoms. The summed E-state index contributed by atoms with van der Waals surface area (Å²) in [7, 11) is 0. The number of carbonyl (C=O) groups excluding carboxylic acids is 1. The van der Waals surface area contributed by atoms with Crippen molar-refractivity contribution in [2.75, 3.05) is 6.61 Å². The number of amides is 1. The van der Waals surface area contributed by atoms with Crippen LogP contribution in [-0.4, -0.2) is 53.4 Å². The minimum Gasteiger partial charge on any atom is -0.388 e. The minimum absolute atomic E-state index is 0.179. The summed E-state index contributed by atoms with van der Waals surface area (Å²) in [5, 5.41) is 21.4. The fourth-order valence-corrected chi connectivity index (χ4v) is 1.89. The van der Waals surface area contributed by atoms with Gasteiger partial charge in [-0.2, -0.15) is 0 Å². The fourth-order valence-electron chi connectivity index (χ4n) is 1.89. The Kier molecular flexibility index (Phi) is 2.44. The van der Waals surface area contributed by atoms with Crippen LogP contribution in [0.1, 0.15) is 6.92 Å². The Balaban J connectivity index is 2.07. The highest BCUT2D eigenvalue weighted by atomic mass is 16.7. The molecule has 0 aromatic carbocycles. The van der Waals surface area contributed by atoms with Gasteiger partial charge in [-0.1, -0.05) is 0 Å². The van der Waals surface area contributed by atoms with Gasteiger partial charge in [0.1, 0.15) is 24.4 Å². The Morgan fingerprint density at radius 2 is 2.14 bits per heavy atom. The van der Waals surface area contributed by atoms with Crippen LogP contribution in [0.2, 0.25) is 0 Å². The van der Waals surface area contributed by atoms with Crippen molar-refractivity contribution in [2.24, 2.45) is 0 Å². The topological polar surface area (TPSA) is 88.0 Å². The lowest BCUT2D eigenvalue weighted by Gasteiger charge is -2.18. The molecule has 2 fully saturated rings. The van der Waals surface area contributed by atoms with Gasteiger partial charge in [0.25, 0.3) is 0 Å². The van der Waals surface area contributed by atoms with Crippen molar-refractivity contribution in [3.05, 3.63) is 0 Å². The summed E-state index contributed by atoms with van der Waals surface area (Å²) in [5.41, 5.74) is 0. The fraction of sp³-hybridized carbons (Fsp3) is 0.875. The second kappa shape index (κ2) is 3.47. The Bertz CT molecular complexity index is 246. The number of carbonyl (C=O) groups is 1. The second-order valence-corrected chi connectivity index (χ2v) is 3.58. The lowest BCUT2D eigenvalue weighted by Crippen LogP contribution is -2.46. The highest BCUT2D eigenvalue weighted by Gasteiger charge is 2.52. The van der Waals surface area contributed by atoms with Crippen molar-refractivity contribution in [2.45, 2.75) is 37.6 Å². The van der Waals surface area contributed by atoms with Crippen LogP contribution in [-0.2, 0) is 14.3 Å². The Hall–Kier alpha value is -0.690. The maximum Gasteiger partial charge on any atom is 0.217 e. The van der Waals surface area contributed by atoms with Crippen LogP contribution < -0.4 is 5.32 Å². The quantitative estimate of drug-likeness (QED) is 0.457. The van der Waals surface area contributed by atoms with Gasteiger partial charge in [0.15, 0.2) is 6.29 Å². The summed E-state index contributed by atoms with van der Waals surface area (Å²) in [6.45, 7) is 1.53. The number of rotatable bonds is 1. The van der Waals surface area contributed by atoms with E-state index in [0.717, 1.165) is 0 Å². The van der Waals surface area contributed by atoms with Crippen molar-refractivity contribution in [3.8, 4) is 0 Å². The van der Waals surface area contributed by atoms with Crippen molar-refractivity contribution in [1.82, 2.24) is 5.32 Å². The first-order valence-electron chi connectivity index (χ1n) is 4.50. The van der Waals surface area contributed by atoms with Crippen molar-refractivity contribution < 1.29 is 24.5 Å². The summed E-state index contributed by atoms with van der Waals surface area (Å²) in [4.78, 5) is 10.8. The lowest BCUT2D eigenvalue weighted by molar-refractivity contribution is -0.133. The number of hydrogen-bond acceptors (Lipinski definition) is 5. The van der Waals surface area contributed by atoms with E-state index < -0.39 is 30.6 Å². The van der Waals surface area contributed by atoms with Gasteiger partial charge in [-0.3, -0.25) is 4.79 Å². The smallest absolute Gasteiger partial charge is 0.217 e. The van der Waals surface area contributed by atoms with E-state index >= 15 is 0 Å². The standard InChI is InChI=1S/C8H13NO5/c1-3(10)9-5-7-6(14-8(5)12)4(11)2-13-7/h4-8,11-12H,2H2,1H3,(H,9,10)/t4-,5-,6-,7-,8-/m1/s1. The molecule has 6 heteroatoms. The molecule has 2 aliphatic rings. The van der Waals surface area contributed by atoms with Crippen molar-refractivity contribution >= 4 is 5.91 Å². The van der Waals surface area contributed by atoms with E-state index in [2.05, 4.69) is 5.32 Å². The molecule has 3 N–H and O–H groups in total. The first-order valence-corrected chi connectivity index (χ1v) is 4.50. The monoisotopic (exact) mass is 203 g/mol. The zero-order chi connectivity index (χ0) is 10.3. The summed E-state index contributed by atoms with van der Waals surface area (Å²) in [6.07, 6.45) is -2.83. The molecule has 0 aliphatic carbocycles. The Labute approximate surface area is 80.8 Å². The maximum atomic E-state index is 10.8. The van der Waals surface area contributed by atoms with Gasteiger partial charge >= 0.3 is 0 Å². The third-order valence-corrected chi connectivity index (χ3v) is 2.49. The number of nitrogens with one attached hydrogen (secondary N) is 1. The third-order valence-electron chi connectivity index (χ3n) is 2.49. The normalized spacial score (nSPS) is 46.4. The molecular formula is C8H13NO5. The number of aliphatic hydroxyl groups is 2. The molecule has 80 valence electrons. The summed E-state index contributed by atoms with van der Waals surface area (Å²) in [6, 6.07) is -0.588. The number of fused-ring (bicyclic) bond motifs is 1. The van der Waals surface area contributed by atoms with Gasteiger partial charge in [-0.25, -0.2) is 0 Å². The molecule has 2 saturated heterocycles. The van der Waals surface area contributed by atoms with Gasteiger partial charge in [0.05, 0.1) is 6.61 Å². The van der Waals surface area contributed by atoms with Crippen LogP contribution in [0.15, 0.2) is 0 Å². The van der Waals surface area contributed by atoms with E-state index in [9.17, 15) is 15.0 Å². The Morgan fingerprint density at radius 1 is 1.43 bits per heavy atom. The molecule has 2 heterocycles. The van der Waals surface area contributed by atoms with E-state index in [-0.39, 0.29) is 12.5 Å². The molecule has 0 aromatic heterocycles. The zero-order valence-corrected chi connectivity index (χ0v) is 7.71. The van der Waals surface area contributed by atoms with E-state index in [1.54, 1.807) is 0 Å². The summed E-state index contributed by atoms with van der Waals surface area (Å²) < 4.78 is 10.3. The summed E-state index contributed by atoms with van der Waals surface area (Å²) >= 11 is 0. The zero-order valence-electron chi connectivity index (χ0n) is 7.71. The van der Waals surface area contributed by atoms with Crippen LogP contribution in [0.3, 0.4) is 0 Å².